The Morgan fingerprint density at radius 2 is 2.12 bits per heavy atom. The Bertz CT molecular complexity index is 309. The van der Waals surface area contributed by atoms with Gasteiger partial charge in [0.1, 0.15) is 12.1 Å². The molecule has 0 saturated carbocycles. The van der Waals surface area contributed by atoms with Crippen molar-refractivity contribution in [2.24, 2.45) is 0 Å². The average molecular weight is 240 g/mol. The summed E-state index contributed by atoms with van der Waals surface area (Å²) in [6.07, 6.45) is 1.49. The van der Waals surface area contributed by atoms with Crippen LogP contribution in [0.1, 0.15) is 6.92 Å². The molecule has 1 rings (SSSR count). The molecule has 96 valence electrons. The van der Waals surface area contributed by atoms with Crippen LogP contribution >= 0.6 is 0 Å². The molecule has 1 aromatic heterocycles. The zero-order valence-electron chi connectivity index (χ0n) is 10.4. The van der Waals surface area contributed by atoms with E-state index in [-0.39, 0.29) is 0 Å². The van der Waals surface area contributed by atoms with Crippen LogP contribution < -0.4 is 15.4 Å². The summed E-state index contributed by atoms with van der Waals surface area (Å²) in [7, 11) is 1.69. The second-order valence-corrected chi connectivity index (χ2v) is 3.34. The van der Waals surface area contributed by atoms with E-state index in [1.54, 1.807) is 13.2 Å². The summed E-state index contributed by atoms with van der Waals surface area (Å²) in [6, 6.07) is 1.79. The van der Waals surface area contributed by atoms with E-state index in [0.29, 0.717) is 12.5 Å². The fourth-order valence-electron chi connectivity index (χ4n) is 1.24. The minimum atomic E-state index is 0.595. The minimum absolute atomic E-state index is 0.595. The Balaban J connectivity index is 2.19. The Labute approximate surface area is 102 Å². The third-order valence-corrected chi connectivity index (χ3v) is 2.03. The molecule has 0 aliphatic carbocycles. The molecule has 2 N–H and O–H groups in total. The summed E-state index contributed by atoms with van der Waals surface area (Å²) < 4.78 is 10.2. The van der Waals surface area contributed by atoms with Crippen LogP contribution in [0.5, 0.6) is 5.88 Å². The molecule has 0 spiro atoms. The standard InChI is InChI=1S/C11H20N4O2/c1-3-17-11-8-10(14-9-15-11)13-5-4-12-6-7-16-2/h8-9,12H,3-7H2,1-2H3,(H,13,14,15). The van der Waals surface area contributed by atoms with Crippen LogP contribution in [0.25, 0.3) is 0 Å². The largest absolute Gasteiger partial charge is 0.478 e. The van der Waals surface area contributed by atoms with Crippen molar-refractivity contribution in [1.29, 1.82) is 0 Å². The lowest BCUT2D eigenvalue weighted by molar-refractivity contribution is 0.200. The molecule has 1 heterocycles. The molecule has 17 heavy (non-hydrogen) atoms. The molecule has 0 fully saturated rings. The maximum absolute atomic E-state index is 5.28. The summed E-state index contributed by atoms with van der Waals surface area (Å²) >= 11 is 0. The van der Waals surface area contributed by atoms with E-state index < -0.39 is 0 Å². The van der Waals surface area contributed by atoms with E-state index in [1.165, 1.54) is 6.33 Å². The third-order valence-electron chi connectivity index (χ3n) is 2.03. The van der Waals surface area contributed by atoms with Crippen molar-refractivity contribution in [2.45, 2.75) is 6.92 Å². The first-order valence-corrected chi connectivity index (χ1v) is 5.75. The van der Waals surface area contributed by atoms with Crippen LogP contribution in [0, 0.1) is 0 Å². The summed E-state index contributed by atoms with van der Waals surface area (Å²) in [6.45, 7) is 5.77. The molecular weight excluding hydrogens is 220 g/mol. The molecule has 0 atom stereocenters. The predicted molar refractivity (Wildman–Crippen MR) is 66.4 cm³/mol. The van der Waals surface area contributed by atoms with E-state index in [9.17, 15) is 0 Å². The molecule has 0 amide bonds. The van der Waals surface area contributed by atoms with Gasteiger partial charge in [0.15, 0.2) is 0 Å². The molecule has 0 aliphatic heterocycles. The van der Waals surface area contributed by atoms with Crippen LogP contribution in [0.2, 0.25) is 0 Å². The lowest BCUT2D eigenvalue weighted by Crippen LogP contribution is -2.25. The molecule has 0 aliphatic rings. The number of nitrogens with zero attached hydrogens (tertiary/aromatic N) is 2. The Morgan fingerprint density at radius 3 is 2.88 bits per heavy atom. The van der Waals surface area contributed by atoms with Crippen LogP contribution in [-0.4, -0.2) is 49.9 Å². The SMILES string of the molecule is CCOc1cc(NCCNCCOC)ncn1. The second-order valence-electron chi connectivity index (χ2n) is 3.34. The van der Waals surface area contributed by atoms with Gasteiger partial charge < -0.3 is 20.1 Å². The van der Waals surface area contributed by atoms with Crippen molar-refractivity contribution in [1.82, 2.24) is 15.3 Å². The molecule has 0 bridgehead atoms. The molecule has 0 aromatic carbocycles. The highest BCUT2D eigenvalue weighted by Gasteiger charge is 1.97. The van der Waals surface area contributed by atoms with Gasteiger partial charge >= 0.3 is 0 Å². The number of methoxy groups -OCH3 is 1. The third kappa shape index (κ3) is 6.03. The smallest absolute Gasteiger partial charge is 0.218 e. The molecule has 0 radical (unpaired) electrons. The van der Waals surface area contributed by atoms with Crippen molar-refractivity contribution in [3.8, 4) is 5.88 Å². The molecular formula is C11H20N4O2. The van der Waals surface area contributed by atoms with Gasteiger partial charge in [-0.15, -0.1) is 0 Å². The van der Waals surface area contributed by atoms with E-state index in [1.807, 2.05) is 6.92 Å². The van der Waals surface area contributed by atoms with Gasteiger partial charge in [-0.05, 0) is 6.92 Å². The number of ether oxygens (including phenoxy) is 2. The Morgan fingerprint density at radius 1 is 1.24 bits per heavy atom. The number of nitrogens with one attached hydrogen (secondary N) is 2. The number of hydrogen-bond donors (Lipinski definition) is 2. The maximum Gasteiger partial charge on any atom is 0.218 e. The molecule has 0 unspecified atom stereocenters. The van der Waals surface area contributed by atoms with E-state index >= 15 is 0 Å². The highest BCUT2D eigenvalue weighted by molar-refractivity contribution is 5.36. The summed E-state index contributed by atoms with van der Waals surface area (Å²) in [5.74, 6) is 1.37. The van der Waals surface area contributed by atoms with Gasteiger partial charge in [0.05, 0.1) is 13.2 Å². The topological polar surface area (TPSA) is 68.3 Å². The van der Waals surface area contributed by atoms with Gasteiger partial charge in [-0.1, -0.05) is 0 Å². The van der Waals surface area contributed by atoms with E-state index in [0.717, 1.165) is 32.1 Å². The quantitative estimate of drug-likeness (QED) is 0.613. The molecule has 1 aromatic rings. The second kappa shape index (κ2) is 8.72. The van der Waals surface area contributed by atoms with Gasteiger partial charge in [-0.3, -0.25) is 0 Å². The summed E-state index contributed by atoms with van der Waals surface area (Å²) in [5, 5.41) is 6.42. The first-order chi connectivity index (χ1) is 8.36. The van der Waals surface area contributed by atoms with Crippen molar-refractivity contribution in [3.63, 3.8) is 0 Å². The zero-order chi connectivity index (χ0) is 12.3. The lowest BCUT2D eigenvalue weighted by atomic mass is 10.5. The fourth-order valence-corrected chi connectivity index (χ4v) is 1.24. The number of anilines is 1. The monoisotopic (exact) mass is 240 g/mol. The van der Waals surface area contributed by atoms with Gasteiger partial charge in [0.2, 0.25) is 5.88 Å². The predicted octanol–water partition coefficient (Wildman–Crippen LogP) is 0.523. The lowest BCUT2D eigenvalue weighted by Gasteiger charge is -2.07. The number of aromatic nitrogens is 2. The summed E-state index contributed by atoms with van der Waals surface area (Å²) in [5.41, 5.74) is 0. The maximum atomic E-state index is 5.28. The van der Waals surface area contributed by atoms with Gasteiger partial charge in [-0.2, -0.15) is 0 Å². The fraction of sp³-hybridized carbons (Fsp3) is 0.636. The number of rotatable bonds is 9. The van der Waals surface area contributed by atoms with Crippen LogP contribution in [0.15, 0.2) is 12.4 Å². The van der Waals surface area contributed by atoms with Gasteiger partial charge in [0.25, 0.3) is 0 Å². The minimum Gasteiger partial charge on any atom is -0.478 e. The highest BCUT2D eigenvalue weighted by atomic mass is 16.5. The van der Waals surface area contributed by atoms with Gasteiger partial charge in [0, 0.05) is 32.8 Å². The van der Waals surface area contributed by atoms with E-state index in [4.69, 9.17) is 9.47 Å². The average Bonchev–Trinajstić information content (AvgIpc) is 2.35. The highest BCUT2D eigenvalue weighted by Crippen LogP contribution is 2.09. The summed E-state index contributed by atoms with van der Waals surface area (Å²) in [4.78, 5) is 8.09. The molecule has 0 saturated heterocycles. The Hall–Kier alpha value is -1.40. The zero-order valence-corrected chi connectivity index (χ0v) is 10.4. The van der Waals surface area contributed by atoms with Crippen LogP contribution in [-0.2, 0) is 4.74 Å². The van der Waals surface area contributed by atoms with Crippen molar-refractivity contribution in [3.05, 3.63) is 12.4 Å². The van der Waals surface area contributed by atoms with E-state index in [2.05, 4.69) is 20.6 Å². The first-order valence-electron chi connectivity index (χ1n) is 5.75. The van der Waals surface area contributed by atoms with Crippen LogP contribution in [0.3, 0.4) is 0 Å². The van der Waals surface area contributed by atoms with Crippen LogP contribution in [0.4, 0.5) is 5.82 Å². The molecule has 6 heteroatoms. The van der Waals surface area contributed by atoms with Gasteiger partial charge in [-0.25, -0.2) is 9.97 Å². The molecule has 6 nitrogen and oxygen atoms in total. The number of hydrogen-bond acceptors (Lipinski definition) is 6. The normalized spacial score (nSPS) is 10.2. The Kier molecular flexibility index (Phi) is 7.01. The van der Waals surface area contributed by atoms with Crippen molar-refractivity contribution >= 4 is 5.82 Å². The first kappa shape index (κ1) is 13.7. The van der Waals surface area contributed by atoms with Crippen molar-refractivity contribution < 1.29 is 9.47 Å². The van der Waals surface area contributed by atoms with Crippen molar-refractivity contribution in [2.75, 3.05) is 45.3 Å².